The summed E-state index contributed by atoms with van der Waals surface area (Å²) < 4.78 is 10.9. The van der Waals surface area contributed by atoms with E-state index in [9.17, 15) is 4.79 Å². The lowest BCUT2D eigenvalue weighted by Crippen LogP contribution is -2.47. The normalized spacial score (nSPS) is 18.6. The summed E-state index contributed by atoms with van der Waals surface area (Å²) in [6, 6.07) is 1.53. The number of morpholine rings is 1. The fourth-order valence-electron chi connectivity index (χ4n) is 2.22. The van der Waals surface area contributed by atoms with E-state index in [0.717, 1.165) is 12.1 Å². The first-order chi connectivity index (χ1) is 10.1. The minimum absolute atomic E-state index is 0.00243. The molecule has 1 saturated heterocycles. The topological polar surface area (TPSA) is 84.8 Å². The molecule has 1 N–H and O–H groups in total. The van der Waals surface area contributed by atoms with Crippen LogP contribution in [-0.2, 0) is 9.53 Å². The van der Waals surface area contributed by atoms with Gasteiger partial charge in [0.15, 0.2) is 0 Å². The van der Waals surface area contributed by atoms with Crippen molar-refractivity contribution in [2.24, 2.45) is 0 Å². The Morgan fingerprint density at radius 2 is 2.38 bits per heavy atom. The first-order valence-electron chi connectivity index (χ1n) is 7.14. The quantitative estimate of drug-likeness (QED) is 0.845. The number of carbonyl (C=O) groups is 1. The molecule has 0 spiro atoms. The Kier molecular flexibility index (Phi) is 5.32. The van der Waals surface area contributed by atoms with Crippen molar-refractivity contribution in [3.8, 4) is 5.88 Å². The van der Waals surface area contributed by atoms with Crippen LogP contribution in [0.15, 0.2) is 6.07 Å². The zero-order chi connectivity index (χ0) is 15.2. The van der Waals surface area contributed by atoms with E-state index < -0.39 is 5.97 Å². The molecule has 0 amide bonds. The van der Waals surface area contributed by atoms with Crippen LogP contribution in [0.2, 0.25) is 0 Å². The van der Waals surface area contributed by atoms with Gasteiger partial charge in [-0.3, -0.25) is 4.79 Å². The number of carboxylic acids is 1. The maximum atomic E-state index is 11.0. The second-order valence-corrected chi connectivity index (χ2v) is 5.02. The van der Waals surface area contributed by atoms with Gasteiger partial charge in [-0.25, -0.2) is 4.98 Å². The highest BCUT2D eigenvalue weighted by Gasteiger charge is 2.27. The molecule has 2 rings (SSSR count). The van der Waals surface area contributed by atoms with E-state index in [-0.39, 0.29) is 12.5 Å². The molecular weight excluding hydrogens is 274 g/mol. The Balaban J connectivity index is 2.20. The largest absolute Gasteiger partial charge is 0.481 e. The van der Waals surface area contributed by atoms with Crippen molar-refractivity contribution >= 4 is 11.9 Å². The Hall–Kier alpha value is -1.89. The zero-order valence-electron chi connectivity index (χ0n) is 12.4. The number of rotatable bonds is 6. The monoisotopic (exact) mass is 295 g/mol. The van der Waals surface area contributed by atoms with Gasteiger partial charge in [0.1, 0.15) is 0 Å². The molecule has 0 aliphatic carbocycles. The van der Waals surface area contributed by atoms with Crippen molar-refractivity contribution in [1.29, 1.82) is 0 Å². The second kappa shape index (κ2) is 7.21. The van der Waals surface area contributed by atoms with Crippen LogP contribution in [-0.4, -0.2) is 53.5 Å². The van der Waals surface area contributed by atoms with Gasteiger partial charge in [0.25, 0.3) is 0 Å². The molecule has 7 nitrogen and oxygen atoms in total. The van der Waals surface area contributed by atoms with E-state index in [4.69, 9.17) is 14.6 Å². The Bertz CT molecular complexity index is 495. The molecule has 116 valence electrons. The van der Waals surface area contributed by atoms with Crippen molar-refractivity contribution in [1.82, 2.24) is 9.97 Å². The van der Waals surface area contributed by atoms with Gasteiger partial charge in [-0.1, -0.05) is 6.92 Å². The van der Waals surface area contributed by atoms with E-state index in [1.807, 2.05) is 18.7 Å². The Morgan fingerprint density at radius 3 is 3.10 bits per heavy atom. The fraction of sp³-hybridized carbons (Fsp3) is 0.643. The summed E-state index contributed by atoms with van der Waals surface area (Å²) in [5, 5.41) is 9.01. The van der Waals surface area contributed by atoms with Crippen molar-refractivity contribution in [3.05, 3.63) is 11.8 Å². The number of aryl methyl sites for hydroxylation is 1. The van der Waals surface area contributed by atoms with Crippen LogP contribution in [0.4, 0.5) is 5.95 Å². The molecule has 1 unspecified atom stereocenters. The SMILES string of the molecule is CCCOc1cc(C)nc(N2CCOCC2CC(=O)O)n1. The first kappa shape index (κ1) is 15.5. The number of aromatic nitrogens is 2. The number of anilines is 1. The number of carboxylic acid groups (broad SMARTS) is 1. The molecule has 1 aromatic heterocycles. The smallest absolute Gasteiger partial charge is 0.305 e. The second-order valence-electron chi connectivity index (χ2n) is 5.02. The highest BCUT2D eigenvalue weighted by Crippen LogP contribution is 2.21. The van der Waals surface area contributed by atoms with Gasteiger partial charge in [0, 0.05) is 18.3 Å². The van der Waals surface area contributed by atoms with E-state index in [1.165, 1.54) is 0 Å². The standard InChI is InChI=1S/C14H21N3O4/c1-3-5-21-12-7-10(2)15-14(16-12)17-4-6-20-9-11(17)8-13(18)19/h7,11H,3-6,8-9H2,1-2H3,(H,18,19). The summed E-state index contributed by atoms with van der Waals surface area (Å²) in [7, 11) is 0. The maximum Gasteiger partial charge on any atom is 0.305 e. The van der Waals surface area contributed by atoms with Crippen molar-refractivity contribution in [2.45, 2.75) is 32.7 Å². The third-order valence-corrected chi connectivity index (χ3v) is 3.17. The molecule has 0 aromatic carbocycles. The van der Waals surface area contributed by atoms with Gasteiger partial charge in [0.05, 0.1) is 32.3 Å². The van der Waals surface area contributed by atoms with Crippen LogP contribution >= 0.6 is 0 Å². The minimum Gasteiger partial charge on any atom is -0.481 e. The summed E-state index contributed by atoms with van der Waals surface area (Å²) in [4.78, 5) is 21.7. The highest BCUT2D eigenvalue weighted by molar-refractivity contribution is 5.68. The number of ether oxygens (including phenoxy) is 2. The van der Waals surface area contributed by atoms with Crippen molar-refractivity contribution < 1.29 is 19.4 Å². The van der Waals surface area contributed by atoms with Gasteiger partial charge >= 0.3 is 5.97 Å². The molecule has 0 saturated carbocycles. The first-order valence-corrected chi connectivity index (χ1v) is 7.14. The van der Waals surface area contributed by atoms with Crippen LogP contribution in [0, 0.1) is 6.92 Å². The van der Waals surface area contributed by atoms with E-state index >= 15 is 0 Å². The average molecular weight is 295 g/mol. The summed E-state index contributed by atoms with van der Waals surface area (Å²) in [5.74, 6) is 0.182. The predicted molar refractivity (Wildman–Crippen MR) is 76.8 cm³/mol. The third-order valence-electron chi connectivity index (χ3n) is 3.17. The Labute approximate surface area is 123 Å². The van der Waals surface area contributed by atoms with Gasteiger partial charge < -0.3 is 19.5 Å². The van der Waals surface area contributed by atoms with Crippen LogP contribution in [0.3, 0.4) is 0 Å². The molecule has 2 heterocycles. The predicted octanol–water partition coefficient (Wildman–Crippen LogP) is 1.25. The molecular formula is C14H21N3O4. The van der Waals surface area contributed by atoms with Crippen molar-refractivity contribution in [2.75, 3.05) is 31.3 Å². The Morgan fingerprint density at radius 1 is 1.57 bits per heavy atom. The number of hydrogen-bond acceptors (Lipinski definition) is 6. The molecule has 1 atom stereocenters. The molecule has 1 aliphatic rings. The lowest BCUT2D eigenvalue weighted by atomic mass is 10.1. The number of nitrogens with zero attached hydrogens (tertiary/aromatic N) is 3. The van der Waals surface area contributed by atoms with Gasteiger partial charge in [-0.15, -0.1) is 0 Å². The molecule has 1 aliphatic heterocycles. The third kappa shape index (κ3) is 4.29. The summed E-state index contributed by atoms with van der Waals surface area (Å²) in [6.45, 7) is 5.98. The average Bonchev–Trinajstić information content (AvgIpc) is 2.44. The van der Waals surface area contributed by atoms with Gasteiger partial charge in [0.2, 0.25) is 11.8 Å². The van der Waals surface area contributed by atoms with Crippen LogP contribution in [0.5, 0.6) is 5.88 Å². The van der Waals surface area contributed by atoms with Crippen LogP contribution < -0.4 is 9.64 Å². The molecule has 0 radical (unpaired) electrons. The van der Waals surface area contributed by atoms with E-state index in [0.29, 0.717) is 38.2 Å². The highest BCUT2D eigenvalue weighted by atomic mass is 16.5. The van der Waals surface area contributed by atoms with E-state index in [2.05, 4.69) is 9.97 Å². The fourth-order valence-corrected chi connectivity index (χ4v) is 2.22. The summed E-state index contributed by atoms with van der Waals surface area (Å²) in [5.41, 5.74) is 0.798. The summed E-state index contributed by atoms with van der Waals surface area (Å²) >= 11 is 0. The molecule has 1 aromatic rings. The van der Waals surface area contributed by atoms with Crippen LogP contribution in [0.25, 0.3) is 0 Å². The zero-order valence-corrected chi connectivity index (χ0v) is 12.4. The number of aliphatic carboxylic acids is 1. The number of hydrogen-bond donors (Lipinski definition) is 1. The summed E-state index contributed by atoms with van der Waals surface area (Å²) in [6.07, 6.45) is 0.903. The molecule has 0 bridgehead atoms. The minimum atomic E-state index is -0.856. The molecule has 21 heavy (non-hydrogen) atoms. The van der Waals surface area contributed by atoms with Gasteiger partial charge in [-0.2, -0.15) is 4.98 Å². The lowest BCUT2D eigenvalue weighted by molar-refractivity contribution is -0.138. The van der Waals surface area contributed by atoms with Crippen LogP contribution in [0.1, 0.15) is 25.5 Å². The van der Waals surface area contributed by atoms with Gasteiger partial charge in [-0.05, 0) is 13.3 Å². The maximum absolute atomic E-state index is 11.0. The van der Waals surface area contributed by atoms with E-state index in [1.54, 1.807) is 6.07 Å². The molecule has 7 heteroatoms. The molecule has 1 fully saturated rings. The van der Waals surface area contributed by atoms with Crippen molar-refractivity contribution in [3.63, 3.8) is 0 Å². The lowest BCUT2D eigenvalue weighted by Gasteiger charge is -2.34.